The number of aliphatic hydroxyl groups is 1. The third kappa shape index (κ3) is 3.33. The number of benzene rings is 1. The highest BCUT2D eigenvalue weighted by molar-refractivity contribution is 5.25. The topological polar surface area (TPSA) is 32.3 Å². The average Bonchev–Trinajstić information content (AvgIpc) is 3.20. The van der Waals surface area contributed by atoms with Crippen molar-refractivity contribution in [1.29, 1.82) is 0 Å². The van der Waals surface area contributed by atoms with E-state index in [0.717, 1.165) is 5.92 Å². The van der Waals surface area contributed by atoms with Crippen molar-refractivity contribution in [3.05, 3.63) is 35.4 Å². The fourth-order valence-corrected chi connectivity index (χ4v) is 2.31. The molecular formula is C16H25NO. The fourth-order valence-electron chi connectivity index (χ4n) is 2.31. The average molecular weight is 247 g/mol. The summed E-state index contributed by atoms with van der Waals surface area (Å²) in [6, 6.07) is 9.65. The molecule has 1 aromatic rings. The van der Waals surface area contributed by atoms with Crippen LogP contribution >= 0.6 is 0 Å². The van der Waals surface area contributed by atoms with Crippen LogP contribution in [0.4, 0.5) is 0 Å². The van der Waals surface area contributed by atoms with Gasteiger partial charge in [0.15, 0.2) is 0 Å². The van der Waals surface area contributed by atoms with Gasteiger partial charge in [0.25, 0.3) is 0 Å². The van der Waals surface area contributed by atoms with Gasteiger partial charge in [-0.3, -0.25) is 0 Å². The van der Waals surface area contributed by atoms with Gasteiger partial charge >= 0.3 is 0 Å². The maximum absolute atomic E-state index is 9.24. The molecule has 1 aliphatic carbocycles. The van der Waals surface area contributed by atoms with Crippen molar-refractivity contribution < 1.29 is 5.11 Å². The summed E-state index contributed by atoms with van der Waals surface area (Å²) in [5.74, 6) is 1.08. The van der Waals surface area contributed by atoms with Crippen molar-refractivity contribution in [3.8, 4) is 0 Å². The van der Waals surface area contributed by atoms with Crippen molar-refractivity contribution in [2.24, 2.45) is 11.8 Å². The molecule has 0 radical (unpaired) electrons. The summed E-state index contributed by atoms with van der Waals surface area (Å²) in [5.41, 5.74) is 2.70. The number of rotatable bonds is 6. The molecule has 0 bridgehead atoms. The lowest BCUT2D eigenvalue weighted by molar-refractivity contribution is 0.198. The lowest BCUT2D eigenvalue weighted by Crippen LogP contribution is -2.37. The van der Waals surface area contributed by atoms with E-state index in [-0.39, 0.29) is 6.61 Å². The molecule has 18 heavy (non-hydrogen) atoms. The number of hydrogen-bond acceptors (Lipinski definition) is 2. The van der Waals surface area contributed by atoms with Crippen molar-refractivity contribution in [1.82, 2.24) is 5.32 Å². The van der Waals surface area contributed by atoms with Gasteiger partial charge in [0, 0.05) is 18.7 Å². The first-order valence-corrected chi connectivity index (χ1v) is 7.05. The fraction of sp³-hybridized carbons (Fsp3) is 0.625. The molecular weight excluding hydrogens is 222 g/mol. The highest BCUT2D eigenvalue weighted by Gasteiger charge is 2.33. The van der Waals surface area contributed by atoms with E-state index in [2.05, 4.69) is 50.4 Å². The van der Waals surface area contributed by atoms with E-state index < -0.39 is 0 Å². The van der Waals surface area contributed by atoms with Crippen LogP contribution in [0.1, 0.15) is 43.9 Å². The van der Waals surface area contributed by atoms with E-state index in [1.54, 1.807) is 0 Å². The Morgan fingerprint density at radius 2 is 1.83 bits per heavy atom. The third-order valence-electron chi connectivity index (χ3n) is 4.11. The molecule has 0 heterocycles. The predicted octanol–water partition coefficient (Wildman–Crippen LogP) is 3.05. The maximum atomic E-state index is 9.24. The first-order valence-electron chi connectivity index (χ1n) is 7.05. The molecule has 0 aromatic heterocycles. The lowest BCUT2D eigenvalue weighted by Gasteiger charge is -2.27. The highest BCUT2D eigenvalue weighted by Crippen LogP contribution is 2.41. The monoisotopic (exact) mass is 247 g/mol. The summed E-state index contributed by atoms with van der Waals surface area (Å²) in [6.07, 6.45) is 2.65. The Balaban J connectivity index is 2.06. The first kappa shape index (κ1) is 13.6. The van der Waals surface area contributed by atoms with Crippen LogP contribution in [0.3, 0.4) is 0 Å². The summed E-state index contributed by atoms with van der Waals surface area (Å²) < 4.78 is 0. The van der Waals surface area contributed by atoms with Crippen LogP contribution in [0.2, 0.25) is 0 Å². The van der Waals surface area contributed by atoms with Crippen LogP contribution < -0.4 is 5.32 Å². The summed E-state index contributed by atoms with van der Waals surface area (Å²) in [5, 5.41) is 12.9. The van der Waals surface area contributed by atoms with Gasteiger partial charge in [-0.05, 0) is 44.1 Å². The van der Waals surface area contributed by atoms with E-state index in [0.29, 0.717) is 18.0 Å². The van der Waals surface area contributed by atoms with Crippen molar-refractivity contribution >= 4 is 0 Å². The van der Waals surface area contributed by atoms with Gasteiger partial charge in [-0.25, -0.2) is 0 Å². The normalized spacial score (nSPS) is 20.4. The Bertz CT molecular complexity index is 369. The van der Waals surface area contributed by atoms with Crippen LogP contribution in [0, 0.1) is 18.8 Å². The second-order valence-electron chi connectivity index (χ2n) is 5.84. The minimum atomic E-state index is 0.249. The zero-order valence-corrected chi connectivity index (χ0v) is 11.7. The molecule has 0 spiro atoms. The van der Waals surface area contributed by atoms with Crippen LogP contribution in [0.25, 0.3) is 0 Å². The standard InChI is InChI=1S/C16H25NO/c1-11-4-6-14(7-5-11)16(15-8-9-15)17-13(3)12(2)10-18/h4-7,12-13,15-18H,8-10H2,1-3H3. The molecule has 1 aliphatic rings. The molecule has 2 heteroatoms. The van der Waals surface area contributed by atoms with Gasteiger partial charge < -0.3 is 10.4 Å². The van der Waals surface area contributed by atoms with Gasteiger partial charge in [-0.2, -0.15) is 0 Å². The highest BCUT2D eigenvalue weighted by atomic mass is 16.3. The minimum absolute atomic E-state index is 0.249. The molecule has 0 saturated heterocycles. The Morgan fingerprint density at radius 1 is 1.22 bits per heavy atom. The maximum Gasteiger partial charge on any atom is 0.0471 e. The van der Waals surface area contributed by atoms with Crippen molar-refractivity contribution in [3.63, 3.8) is 0 Å². The van der Waals surface area contributed by atoms with Crippen LogP contribution in [-0.4, -0.2) is 17.8 Å². The second kappa shape index (κ2) is 5.85. The second-order valence-corrected chi connectivity index (χ2v) is 5.84. The number of aryl methyl sites for hydroxylation is 1. The quantitative estimate of drug-likeness (QED) is 0.810. The molecule has 3 unspecified atom stereocenters. The molecule has 100 valence electrons. The largest absolute Gasteiger partial charge is 0.396 e. The Hall–Kier alpha value is -0.860. The summed E-state index contributed by atoms with van der Waals surface area (Å²) in [7, 11) is 0. The molecule has 2 N–H and O–H groups in total. The summed E-state index contributed by atoms with van der Waals surface area (Å²) in [4.78, 5) is 0. The zero-order valence-electron chi connectivity index (χ0n) is 11.7. The predicted molar refractivity (Wildman–Crippen MR) is 75.5 cm³/mol. The van der Waals surface area contributed by atoms with Gasteiger partial charge in [-0.15, -0.1) is 0 Å². The minimum Gasteiger partial charge on any atom is -0.396 e. The van der Waals surface area contributed by atoms with Crippen LogP contribution in [0.5, 0.6) is 0 Å². The van der Waals surface area contributed by atoms with Crippen LogP contribution in [-0.2, 0) is 0 Å². The SMILES string of the molecule is Cc1ccc(C(NC(C)C(C)CO)C2CC2)cc1. The molecule has 0 aliphatic heterocycles. The third-order valence-corrected chi connectivity index (χ3v) is 4.11. The Morgan fingerprint density at radius 3 is 2.33 bits per heavy atom. The number of hydrogen-bond donors (Lipinski definition) is 2. The van der Waals surface area contributed by atoms with Gasteiger partial charge in [0.05, 0.1) is 0 Å². The van der Waals surface area contributed by atoms with Gasteiger partial charge in [0.1, 0.15) is 0 Å². The van der Waals surface area contributed by atoms with E-state index in [9.17, 15) is 5.11 Å². The molecule has 1 fully saturated rings. The molecule has 2 rings (SSSR count). The molecule has 3 atom stereocenters. The zero-order chi connectivity index (χ0) is 13.1. The van der Waals surface area contributed by atoms with Gasteiger partial charge in [0.2, 0.25) is 0 Å². The van der Waals surface area contributed by atoms with Gasteiger partial charge in [-0.1, -0.05) is 36.8 Å². The molecule has 1 aromatic carbocycles. The lowest BCUT2D eigenvalue weighted by atomic mass is 9.97. The van der Waals surface area contributed by atoms with Crippen molar-refractivity contribution in [2.45, 2.75) is 45.7 Å². The summed E-state index contributed by atoms with van der Waals surface area (Å²) >= 11 is 0. The first-order chi connectivity index (χ1) is 8.61. The Labute approximate surface area is 110 Å². The van der Waals surface area contributed by atoms with E-state index >= 15 is 0 Å². The smallest absolute Gasteiger partial charge is 0.0471 e. The number of aliphatic hydroxyl groups excluding tert-OH is 1. The van der Waals surface area contributed by atoms with E-state index in [1.165, 1.54) is 24.0 Å². The molecule has 1 saturated carbocycles. The van der Waals surface area contributed by atoms with Crippen LogP contribution in [0.15, 0.2) is 24.3 Å². The van der Waals surface area contributed by atoms with Crippen molar-refractivity contribution in [2.75, 3.05) is 6.61 Å². The molecule has 2 nitrogen and oxygen atoms in total. The summed E-state index contributed by atoms with van der Waals surface area (Å²) in [6.45, 7) is 6.64. The van der Waals surface area contributed by atoms with E-state index in [4.69, 9.17) is 0 Å². The molecule has 0 amide bonds. The Kier molecular flexibility index (Phi) is 4.41. The number of nitrogens with one attached hydrogen (secondary N) is 1. The van der Waals surface area contributed by atoms with E-state index in [1.807, 2.05) is 0 Å².